The summed E-state index contributed by atoms with van der Waals surface area (Å²) in [5.74, 6) is -2.84. The monoisotopic (exact) mass is 274 g/mol. The molecule has 0 aromatic rings. The number of carbonyl (C=O) groups is 4. The molecule has 4 amide bonds. The molecule has 19 heavy (non-hydrogen) atoms. The Balaban J connectivity index is 5.00. The SMILES string of the molecule is CCC(C(=O)O)N(C)C(=O)N(CC(N)=O)CC(N)=O. The van der Waals surface area contributed by atoms with Gasteiger partial charge in [-0.25, -0.2) is 9.59 Å². The van der Waals surface area contributed by atoms with Crippen LogP contribution in [-0.4, -0.2) is 64.9 Å². The molecule has 108 valence electrons. The van der Waals surface area contributed by atoms with E-state index < -0.39 is 42.9 Å². The first kappa shape index (κ1) is 16.7. The summed E-state index contributed by atoms with van der Waals surface area (Å²) >= 11 is 0. The molecule has 0 saturated carbocycles. The molecule has 1 unspecified atom stereocenters. The van der Waals surface area contributed by atoms with E-state index in [0.717, 1.165) is 9.80 Å². The van der Waals surface area contributed by atoms with Crippen LogP contribution < -0.4 is 11.5 Å². The maximum Gasteiger partial charge on any atom is 0.326 e. The van der Waals surface area contributed by atoms with Crippen molar-refractivity contribution >= 4 is 23.8 Å². The molecular formula is C10H18N4O5. The molecule has 0 spiro atoms. The van der Waals surface area contributed by atoms with Gasteiger partial charge in [-0.05, 0) is 6.42 Å². The van der Waals surface area contributed by atoms with E-state index in [2.05, 4.69) is 0 Å². The maximum atomic E-state index is 12.0. The van der Waals surface area contributed by atoms with Gasteiger partial charge in [0.2, 0.25) is 11.8 Å². The van der Waals surface area contributed by atoms with Gasteiger partial charge in [0.15, 0.2) is 0 Å². The second kappa shape index (κ2) is 7.19. The van der Waals surface area contributed by atoms with Gasteiger partial charge in [-0.15, -0.1) is 0 Å². The highest BCUT2D eigenvalue weighted by atomic mass is 16.4. The van der Waals surface area contributed by atoms with Gasteiger partial charge in [0.1, 0.15) is 19.1 Å². The van der Waals surface area contributed by atoms with Gasteiger partial charge in [-0.2, -0.15) is 0 Å². The van der Waals surface area contributed by atoms with Crippen LogP contribution in [-0.2, 0) is 14.4 Å². The topological polar surface area (TPSA) is 147 Å². The maximum absolute atomic E-state index is 12.0. The number of urea groups is 1. The molecule has 0 aliphatic carbocycles. The van der Waals surface area contributed by atoms with Crippen LogP contribution >= 0.6 is 0 Å². The number of carbonyl (C=O) groups excluding carboxylic acids is 3. The van der Waals surface area contributed by atoms with Crippen molar-refractivity contribution in [2.75, 3.05) is 20.1 Å². The van der Waals surface area contributed by atoms with Crippen molar-refractivity contribution in [2.45, 2.75) is 19.4 Å². The third-order valence-corrected chi connectivity index (χ3v) is 2.40. The standard InChI is InChI=1S/C10H18N4O5/c1-3-6(9(17)18)13(2)10(19)14(4-7(11)15)5-8(12)16/h6H,3-5H2,1-2H3,(H2,11,15)(H2,12,16)(H,17,18). The van der Waals surface area contributed by atoms with Crippen molar-refractivity contribution in [1.82, 2.24) is 9.80 Å². The number of nitrogens with zero attached hydrogens (tertiary/aromatic N) is 2. The van der Waals surface area contributed by atoms with Gasteiger partial charge in [-0.1, -0.05) is 6.92 Å². The largest absolute Gasteiger partial charge is 0.480 e. The van der Waals surface area contributed by atoms with Crippen LogP contribution in [0.3, 0.4) is 0 Å². The lowest BCUT2D eigenvalue weighted by Crippen LogP contribution is -2.52. The summed E-state index contributed by atoms with van der Waals surface area (Å²) in [6, 6.07) is -1.86. The number of carboxylic acids is 1. The number of rotatable bonds is 7. The summed E-state index contributed by atoms with van der Waals surface area (Å²) in [5, 5.41) is 8.94. The summed E-state index contributed by atoms with van der Waals surface area (Å²) in [6.45, 7) is 0.569. The summed E-state index contributed by atoms with van der Waals surface area (Å²) in [4.78, 5) is 46.3. The predicted molar refractivity (Wildman–Crippen MR) is 64.8 cm³/mol. The molecular weight excluding hydrogens is 256 g/mol. The Hall–Kier alpha value is -2.32. The number of nitrogens with two attached hydrogens (primary N) is 2. The third-order valence-electron chi connectivity index (χ3n) is 2.40. The average molecular weight is 274 g/mol. The minimum absolute atomic E-state index is 0.179. The molecule has 0 heterocycles. The van der Waals surface area contributed by atoms with Crippen molar-refractivity contribution in [2.24, 2.45) is 11.5 Å². The fourth-order valence-corrected chi connectivity index (χ4v) is 1.54. The Morgan fingerprint density at radius 3 is 1.79 bits per heavy atom. The minimum atomic E-state index is -1.18. The molecule has 0 fully saturated rings. The lowest BCUT2D eigenvalue weighted by atomic mass is 10.2. The number of primary amides is 2. The number of aliphatic carboxylic acids is 1. The second-order valence-electron chi connectivity index (χ2n) is 3.94. The van der Waals surface area contributed by atoms with Crippen LogP contribution in [0.1, 0.15) is 13.3 Å². The molecule has 9 nitrogen and oxygen atoms in total. The van der Waals surface area contributed by atoms with E-state index in [1.54, 1.807) is 6.92 Å². The molecule has 0 radical (unpaired) electrons. The van der Waals surface area contributed by atoms with Crippen LogP contribution in [0.4, 0.5) is 4.79 Å². The summed E-state index contributed by atoms with van der Waals surface area (Å²) in [6.07, 6.45) is 0.179. The highest BCUT2D eigenvalue weighted by Crippen LogP contribution is 2.06. The van der Waals surface area contributed by atoms with Crippen molar-refractivity contribution in [1.29, 1.82) is 0 Å². The lowest BCUT2D eigenvalue weighted by Gasteiger charge is -2.29. The molecule has 5 N–H and O–H groups in total. The van der Waals surface area contributed by atoms with Crippen molar-refractivity contribution in [3.8, 4) is 0 Å². The van der Waals surface area contributed by atoms with Gasteiger partial charge in [0.25, 0.3) is 0 Å². The van der Waals surface area contributed by atoms with E-state index in [-0.39, 0.29) is 6.42 Å². The van der Waals surface area contributed by atoms with E-state index in [0.29, 0.717) is 0 Å². The Labute approximate surface area is 110 Å². The number of hydrogen-bond donors (Lipinski definition) is 3. The molecule has 0 bridgehead atoms. The van der Waals surface area contributed by atoms with E-state index >= 15 is 0 Å². The quantitative estimate of drug-likeness (QED) is 0.499. The Morgan fingerprint density at radius 1 is 1.11 bits per heavy atom. The highest BCUT2D eigenvalue weighted by molar-refractivity contribution is 5.89. The van der Waals surface area contributed by atoms with Crippen LogP contribution in [0, 0.1) is 0 Å². The van der Waals surface area contributed by atoms with Crippen LogP contribution in [0.15, 0.2) is 0 Å². The molecule has 1 atom stereocenters. The molecule has 9 heteroatoms. The third kappa shape index (κ3) is 5.23. The zero-order valence-corrected chi connectivity index (χ0v) is 10.8. The zero-order chi connectivity index (χ0) is 15.2. The minimum Gasteiger partial charge on any atom is -0.480 e. The van der Waals surface area contributed by atoms with E-state index in [4.69, 9.17) is 16.6 Å². The van der Waals surface area contributed by atoms with Gasteiger partial charge < -0.3 is 26.4 Å². The fourth-order valence-electron chi connectivity index (χ4n) is 1.54. The molecule has 0 aromatic heterocycles. The van der Waals surface area contributed by atoms with E-state index in [1.807, 2.05) is 0 Å². The molecule has 0 saturated heterocycles. The number of likely N-dealkylation sites (N-methyl/N-ethyl adjacent to an activating group) is 1. The van der Waals surface area contributed by atoms with Gasteiger partial charge >= 0.3 is 12.0 Å². The fraction of sp³-hybridized carbons (Fsp3) is 0.600. The Kier molecular flexibility index (Phi) is 6.31. The second-order valence-corrected chi connectivity index (χ2v) is 3.94. The summed E-state index contributed by atoms with van der Waals surface area (Å²) < 4.78 is 0. The first-order chi connectivity index (χ1) is 8.70. The number of hydrogen-bond acceptors (Lipinski definition) is 4. The van der Waals surface area contributed by atoms with E-state index in [9.17, 15) is 19.2 Å². The molecule has 0 aliphatic rings. The summed E-state index contributed by atoms with van der Waals surface area (Å²) in [7, 11) is 1.26. The first-order valence-electron chi connectivity index (χ1n) is 5.51. The molecule has 0 aliphatic heterocycles. The van der Waals surface area contributed by atoms with Crippen LogP contribution in [0.2, 0.25) is 0 Å². The Morgan fingerprint density at radius 2 is 1.53 bits per heavy atom. The van der Waals surface area contributed by atoms with Gasteiger partial charge in [0.05, 0.1) is 0 Å². The predicted octanol–water partition coefficient (Wildman–Crippen LogP) is -1.83. The normalized spacial score (nSPS) is 11.5. The van der Waals surface area contributed by atoms with Crippen LogP contribution in [0.5, 0.6) is 0 Å². The van der Waals surface area contributed by atoms with E-state index in [1.165, 1.54) is 7.05 Å². The van der Waals surface area contributed by atoms with Crippen molar-refractivity contribution in [3.05, 3.63) is 0 Å². The summed E-state index contributed by atoms with van der Waals surface area (Å²) in [5.41, 5.74) is 9.91. The van der Waals surface area contributed by atoms with Crippen molar-refractivity contribution < 1.29 is 24.3 Å². The number of amides is 4. The zero-order valence-electron chi connectivity index (χ0n) is 10.8. The average Bonchev–Trinajstić information content (AvgIpc) is 2.26. The highest BCUT2D eigenvalue weighted by Gasteiger charge is 2.29. The van der Waals surface area contributed by atoms with Crippen LogP contribution in [0.25, 0.3) is 0 Å². The van der Waals surface area contributed by atoms with Crippen molar-refractivity contribution in [3.63, 3.8) is 0 Å². The smallest absolute Gasteiger partial charge is 0.326 e. The number of carboxylic acid groups (broad SMARTS) is 1. The first-order valence-corrected chi connectivity index (χ1v) is 5.51. The Bertz CT molecular complexity index is 368. The molecule has 0 aromatic carbocycles. The molecule has 0 rings (SSSR count). The van der Waals surface area contributed by atoms with Gasteiger partial charge in [0, 0.05) is 7.05 Å². The van der Waals surface area contributed by atoms with Gasteiger partial charge in [-0.3, -0.25) is 9.59 Å². The lowest BCUT2D eigenvalue weighted by molar-refractivity contribution is -0.142.